The molecule has 0 aliphatic heterocycles. The van der Waals surface area contributed by atoms with E-state index in [1.165, 1.54) is 24.3 Å². The number of halogens is 2. The Kier molecular flexibility index (Phi) is 3.39. The van der Waals surface area contributed by atoms with Crippen LogP contribution in [-0.4, -0.2) is 4.98 Å². The van der Waals surface area contributed by atoms with Crippen molar-refractivity contribution < 1.29 is 8.78 Å². The van der Waals surface area contributed by atoms with Crippen molar-refractivity contribution in [1.82, 2.24) is 4.98 Å². The highest BCUT2D eigenvalue weighted by Gasteiger charge is 2.13. The molecule has 0 saturated carbocycles. The van der Waals surface area contributed by atoms with E-state index in [-0.39, 0.29) is 17.7 Å². The molecule has 3 rings (SSSR count). The van der Waals surface area contributed by atoms with Crippen LogP contribution >= 0.6 is 0 Å². The molecule has 0 fully saturated rings. The number of fused-ring (bicyclic) bond motifs is 1. The van der Waals surface area contributed by atoms with Crippen molar-refractivity contribution in [1.29, 1.82) is 0 Å². The van der Waals surface area contributed by atoms with Gasteiger partial charge >= 0.3 is 0 Å². The van der Waals surface area contributed by atoms with Gasteiger partial charge in [-0.3, -0.25) is 0 Å². The minimum absolute atomic E-state index is 0.259. The molecule has 3 aromatic rings. The summed E-state index contributed by atoms with van der Waals surface area (Å²) in [6.07, 6.45) is 0. The highest BCUT2D eigenvalue weighted by molar-refractivity contribution is 5.83. The summed E-state index contributed by atoms with van der Waals surface area (Å²) in [5.41, 5.74) is 8.55. The van der Waals surface area contributed by atoms with Gasteiger partial charge in [-0.1, -0.05) is 12.1 Å². The molecule has 2 nitrogen and oxygen atoms in total. The lowest BCUT2D eigenvalue weighted by Crippen LogP contribution is -2.08. The SMILES string of the molecule is C[C@H](N)c1cc2ccc(F)cc2nc1-c1cccc(F)c1. The lowest BCUT2D eigenvalue weighted by atomic mass is 9.99. The standard InChI is InChI=1S/C17H14F2N2/c1-10(20)15-8-11-5-6-14(19)9-16(11)21-17(15)12-3-2-4-13(18)7-12/h2-10H,20H2,1H3/t10-/m0/s1. The maximum Gasteiger partial charge on any atom is 0.125 e. The fourth-order valence-corrected chi connectivity index (χ4v) is 2.37. The first-order valence-electron chi connectivity index (χ1n) is 6.66. The van der Waals surface area contributed by atoms with E-state index in [0.717, 1.165) is 10.9 Å². The Morgan fingerprint density at radius 2 is 1.76 bits per heavy atom. The van der Waals surface area contributed by atoms with Gasteiger partial charge in [-0.2, -0.15) is 0 Å². The van der Waals surface area contributed by atoms with Gasteiger partial charge in [-0.05, 0) is 42.8 Å². The molecule has 0 radical (unpaired) electrons. The van der Waals surface area contributed by atoms with Crippen LogP contribution in [0.1, 0.15) is 18.5 Å². The fraction of sp³-hybridized carbons (Fsp3) is 0.118. The molecule has 4 heteroatoms. The summed E-state index contributed by atoms with van der Waals surface area (Å²) >= 11 is 0. The Morgan fingerprint density at radius 1 is 1.00 bits per heavy atom. The summed E-state index contributed by atoms with van der Waals surface area (Å²) in [4.78, 5) is 4.48. The quantitative estimate of drug-likeness (QED) is 0.766. The van der Waals surface area contributed by atoms with Gasteiger partial charge in [0.05, 0.1) is 11.2 Å². The van der Waals surface area contributed by atoms with Crippen molar-refractivity contribution in [2.24, 2.45) is 5.73 Å². The summed E-state index contributed by atoms with van der Waals surface area (Å²) < 4.78 is 26.8. The van der Waals surface area contributed by atoms with Gasteiger partial charge in [0.25, 0.3) is 0 Å². The maximum atomic E-state index is 13.4. The second kappa shape index (κ2) is 5.22. The number of nitrogens with two attached hydrogens (primary N) is 1. The largest absolute Gasteiger partial charge is 0.324 e. The summed E-state index contributed by atoms with van der Waals surface area (Å²) in [5, 5.41) is 0.809. The molecular weight excluding hydrogens is 270 g/mol. The van der Waals surface area contributed by atoms with Gasteiger partial charge in [-0.15, -0.1) is 0 Å². The lowest BCUT2D eigenvalue weighted by Gasteiger charge is -2.14. The molecule has 0 saturated heterocycles. The molecule has 0 bridgehead atoms. The Bertz CT molecular complexity index is 813. The number of rotatable bonds is 2. The van der Waals surface area contributed by atoms with Crippen LogP contribution in [0.2, 0.25) is 0 Å². The Balaban J connectivity index is 2.30. The fourth-order valence-electron chi connectivity index (χ4n) is 2.37. The molecule has 0 aliphatic rings. The van der Waals surface area contributed by atoms with Crippen molar-refractivity contribution >= 4 is 10.9 Å². The molecule has 106 valence electrons. The second-order valence-electron chi connectivity index (χ2n) is 5.06. The van der Waals surface area contributed by atoms with Crippen LogP contribution in [0.5, 0.6) is 0 Å². The van der Waals surface area contributed by atoms with Gasteiger partial charge in [0.2, 0.25) is 0 Å². The third-order valence-corrected chi connectivity index (χ3v) is 3.40. The van der Waals surface area contributed by atoms with Crippen molar-refractivity contribution in [3.05, 3.63) is 65.7 Å². The number of benzene rings is 2. The van der Waals surface area contributed by atoms with Crippen LogP contribution in [0.4, 0.5) is 8.78 Å². The van der Waals surface area contributed by atoms with Crippen LogP contribution in [-0.2, 0) is 0 Å². The lowest BCUT2D eigenvalue weighted by molar-refractivity contribution is 0.627. The maximum absolute atomic E-state index is 13.4. The minimum Gasteiger partial charge on any atom is -0.324 e. The summed E-state index contributed by atoms with van der Waals surface area (Å²) in [7, 11) is 0. The van der Waals surface area contributed by atoms with Crippen molar-refractivity contribution in [3.63, 3.8) is 0 Å². The number of hydrogen-bond acceptors (Lipinski definition) is 2. The zero-order chi connectivity index (χ0) is 15.0. The third-order valence-electron chi connectivity index (χ3n) is 3.40. The number of aromatic nitrogens is 1. The van der Waals surface area contributed by atoms with E-state index in [0.29, 0.717) is 16.8 Å². The van der Waals surface area contributed by atoms with Crippen molar-refractivity contribution in [2.75, 3.05) is 0 Å². The van der Waals surface area contributed by atoms with Crippen molar-refractivity contribution in [3.8, 4) is 11.3 Å². The van der Waals surface area contributed by atoms with E-state index < -0.39 is 0 Å². The number of hydrogen-bond donors (Lipinski definition) is 1. The Labute approximate surface area is 121 Å². The van der Waals surface area contributed by atoms with Gasteiger partial charge in [0.1, 0.15) is 11.6 Å². The molecule has 0 amide bonds. The van der Waals surface area contributed by atoms with Crippen molar-refractivity contribution in [2.45, 2.75) is 13.0 Å². The third kappa shape index (κ3) is 2.62. The summed E-state index contributed by atoms with van der Waals surface area (Å²) in [6, 6.07) is 12.2. The molecule has 1 aromatic heterocycles. The molecule has 1 heterocycles. The number of pyridine rings is 1. The van der Waals surface area contributed by atoms with Crippen LogP contribution in [0.25, 0.3) is 22.2 Å². The minimum atomic E-state index is -0.353. The number of nitrogens with zero attached hydrogens (tertiary/aromatic N) is 1. The first-order valence-corrected chi connectivity index (χ1v) is 6.66. The van der Waals surface area contributed by atoms with Gasteiger partial charge < -0.3 is 5.73 Å². The van der Waals surface area contributed by atoms with Crippen LogP contribution in [0.3, 0.4) is 0 Å². The highest BCUT2D eigenvalue weighted by Crippen LogP contribution is 2.29. The normalized spacial score (nSPS) is 12.6. The predicted octanol–water partition coefficient (Wildman–Crippen LogP) is 4.20. The van der Waals surface area contributed by atoms with Gasteiger partial charge in [0.15, 0.2) is 0 Å². The molecule has 0 unspecified atom stereocenters. The smallest absolute Gasteiger partial charge is 0.125 e. The van der Waals surface area contributed by atoms with E-state index in [1.54, 1.807) is 18.2 Å². The molecule has 2 aromatic carbocycles. The topological polar surface area (TPSA) is 38.9 Å². The zero-order valence-corrected chi connectivity index (χ0v) is 11.5. The van der Waals surface area contributed by atoms with E-state index >= 15 is 0 Å². The molecule has 0 aliphatic carbocycles. The van der Waals surface area contributed by atoms with E-state index in [9.17, 15) is 8.78 Å². The van der Waals surface area contributed by atoms with E-state index in [1.807, 2.05) is 13.0 Å². The molecule has 1 atom stereocenters. The zero-order valence-electron chi connectivity index (χ0n) is 11.5. The highest BCUT2D eigenvalue weighted by atomic mass is 19.1. The molecule has 21 heavy (non-hydrogen) atoms. The van der Waals surface area contributed by atoms with Crippen LogP contribution in [0, 0.1) is 11.6 Å². The molecule has 2 N–H and O–H groups in total. The van der Waals surface area contributed by atoms with Crippen LogP contribution < -0.4 is 5.73 Å². The Morgan fingerprint density at radius 3 is 2.48 bits per heavy atom. The predicted molar refractivity (Wildman–Crippen MR) is 79.7 cm³/mol. The summed E-state index contributed by atoms with van der Waals surface area (Å²) in [6.45, 7) is 1.84. The monoisotopic (exact) mass is 284 g/mol. The van der Waals surface area contributed by atoms with Gasteiger partial charge in [-0.25, -0.2) is 13.8 Å². The van der Waals surface area contributed by atoms with Crippen LogP contribution in [0.15, 0.2) is 48.5 Å². The molecular formula is C17H14F2N2. The average molecular weight is 284 g/mol. The average Bonchev–Trinajstić information content (AvgIpc) is 2.45. The summed E-state index contributed by atoms with van der Waals surface area (Å²) in [5.74, 6) is -0.696. The second-order valence-corrected chi connectivity index (χ2v) is 5.06. The first kappa shape index (κ1) is 13.6. The van der Waals surface area contributed by atoms with Gasteiger partial charge in [0, 0.05) is 23.1 Å². The molecule has 0 spiro atoms. The Hall–Kier alpha value is -2.33. The first-order chi connectivity index (χ1) is 10.0. The van der Waals surface area contributed by atoms with E-state index in [4.69, 9.17) is 5.73 Å². The van der Waals surface area contributed by atoms with E-state index in [2.05, 4.69) is 4.98 Å².